The van der Waals surface area contributed by atoms with Crippen LogP contribution in [0.15, 0.2) is 23.1 Å². The van der Waals surface area contributed by atoms with Gasteiger partial charge in [0.2, 0.25) is 15.9 Å². The highest BCUT2D eigenvalue weighted by Crippen LogP contribution is 2.18. The lowest BCUT2D eigenvalue weighted by Crippen LogP contribution is -2.47. The summed E-state index contributed by atoms with van der Waals surface area (Å²) in [5, 5.41) is 2.98. The number of aryl methyl sites for hydroxylation is 1. The standard InChI is InChI=1S/C20H31N3O5S/c1-14(2)20(25)23-10-7-16(8-11-23)22-19(24)18-13-17(6-5-15(18)3)29(26,27)21-9-12-28-4/h5-6,13-14,16,21H,7-12H2,1-4H3,(H,22,24). The van der Waals surface area contributed by atoms with E-state index in [1.165, 1.54) is 19.2 Å². The molecule has 162 valence electrons. The topological polar surface area (TPSA) is 105 Å². The van der Waals surface area contributed by atoms with Crippen LogP contribution in [0.3, 0.4) is 0 Å². The lowest BCUT2D eigenvalue weighted by Gasteiger charge is -2.33. The Hall–Kier alpha value is -1.97. The molecule has 0 spiro atoms. The van der Waals surface area contributed by atoms with E-state index in [1.54, 1.807) is 13.0 Å². The van der Waals surface area contributed by atoms with Crippen molar-refractivity contribution in [1.29, 1.82) is 0 Å². The Bertz CT molecular complexity index is 831. The van der Waals surface area contributed by atoms with E-state index in [0.29, 0.717) is 37.1 Å². The molecule has 9 heteroatoms. The van der Waals surface area contributed by atoms with Crippen molar-refractivity contribution < 1.29 is 22.7 Å². The van der Waals surface area contributed by atoms with Crippen LogP contribution in [0.5, 0.6) is 0 Å². The van der Waals surface area contributed by atoms with Crippen molar-refractivity contribution in [3.63, 3.8) is 0 Å². The molecule has 1 fully saturated rings. The Kier molecular flexibility index (Phi) is 8.18. The third kappa shape index (κ3) is 6.25. The Morgan fingerprint density at radius 3 is 2.48 bits per heavy atom. The molecule has 29 heavy (non-hydrogen) atoms. The average Bonchev–Trinajstić information content (AvgIpc) is 2.68. The van der Waals surface area contributed by atoms with Crippen LogP contribution in [0.25, 0.3) is 0 Å². The van der Waals surface area contributed by atoms with Crippen molar-refractivity contribution in [2.75, 3.05) is 33.4 Å². The van der Waals surface area contributed by atoms with E-state index in [1.807, 2.05) is 18.7 Å². The van der Waals surface area contributed by atoms with Crippen LogP contribution in [0.2, 0.25) is 0 Å². The molecule has 2 rings (SSSR count). The molecule has 1 aromatic carbocycles. The molecule has 0 aromatic heterocycles. The van der Waals surface area contributed by atoms with Gasteiger partial charge in [0, 0.05) is 44.3 Å². The molecule has 0 bridgehead atoms. The lowest BCUT2D eigenvalue weighted by atomic mass is 10.0. The zero-order valence-corrected chi connectivity index (χ0v) is 18.3. The number of rotatable bonds is 8. The summed E-state index contributed by atoms with van der Waals surface area (Å²) in [5.74, 6) is -0.208. The summed E-state index contributed by atoms with van der Waals surface area (Å²) in [6.45, 7) is 7.16. The van der Waals surface area contributed by atoms with Gasteiger partial charge in [-0.2, -0.15) is 0 Å². The molecule has 1 aromatic rings. The summed E-state index contributed by atoms with van der Waals surface area (Å²) in [7, 11) is -2.23. The van der Waals surface area contributed by atoms with E-state index < -0.39 is 10.0 Å². The van der Waals surface area contributed by atoms with Gasteiger partial charge in [0.25, 0.3) is 5.91 Å². The molecule has 0 atom stereocenters. The zero-order chi connectivity index (χ0) is 21.6. The Morgan fingerprint density at radius 1 is 1.24 bits per heavy atom. The minimum Gasteiger partial charge on any atom is -0.383 e. The molecular weight excluding hydrogens is 394 g/mol. The molecule has 2 N–H and O–H groups in total. The summed E-state index contributed by atoms with van der Waals surface area (Å²) >= 11 is 0. The average molecular weight is 426 g/mol. The molecule has 1 heterocycles. The van der Waals surface area contributed by atoms with Crippen molar-refractivity contribution in [1.82, 2.24) is 14.9 Å². The molecule has 0 unspecified atom stereocenters. The van der Waals surface area contributed by atoms with E-state index in [4.69, 9.17) is 4.74 Å². The fraction of sp³-hybridized carbons (Fsp3) is 0.600. The van der Waals surface area contributed by atoms with Gasteiger partial charge >= 0.3 is 0 Å². The largest absolute Gasteiger partial charge is 0.383 e. The van der Waals surface area contributed by atoms with Gasteiger partial charge in [0.1, 0.15) is 0 Å². The summed E-state index contributed by atoms with van der Waals surface area (Å²) in [5.41, 5.74) is 1.03. The van der Waals surface area contributed by atoms with Crippen LogP contribution >= 0.6 is 0 Å². The Balaban J connectivity index is 2.03. The maximum atomic E-state index is 12.8. The third-order valence-corrected chi connectivity index (χ3v) is 6.46. The van der Waals surface area contributed by atoms with Crippen molar-refractivity contribution in [2.24, 2.45) is 5.92 Å². The van der Waals surface area contributed by atoms with E-state index >= 15 is 0 Å². The molecule has 0 radical (unpaired) electrons. The van der Waals surface area contributed by atoms with E-state index in [9.17, 15) is 18.0 Å². The number of carbonyl (C=O) groups is 2. The molecule has 0 aliphatic carbocycles. The molecule has 1 saturated heterocycles. The molecule has 8 nitrogen and oxygen atoms in total. The van der Waals surface area contributed by atoms with Crippen LogP contribution in [0, 0.1) is 12.8 Å². The summed E-state index contributed by atoms with van der Waals surface area (Å²) in [4.78, 5) is 26.7. The van der Waals surface area contributed by atoms with Gasteiger partial charge in [-0.1, -0.05) is 19.9 Å². The van der Waals surface area contributed by atoms with Gasteiger partial charge < -0.3 is 15.0 Å². The van der Waals surface area contributed by atoms with Crippen molar-refractivity contribution in [3.8, 4) is 0 Å². The fourth-order valence-electron chi connectivity index (χ4n) is 3.25. The second-order valence-corrected chi connectivity index (χ2v) is 9.36. The highest BCUT2D eigenvalue weighted by atomic mass is 32.2. The lowest BCUT2D eigenvalue weighted by molar-refractivity contribution is -0.135. The van der Waals surface area contributed by atoms with Gasteiger partial charge in [-0.3, -0.25) is 9.59 Å². The SMILES string of the molecule is COCCNS(=O)(=O)c1ccc(C)c(C(=O)NC2CCN(C(=O)C(C)C)CC2)c1. The normalized spacial score (nSPS) is 15.6. The monoisotopic (exact) mass is 425 g/mol. The minimum absolute atomic E-state index is 0.0361. The number of nitrogens with one attached hydrogen (secondary N) is 2. The number of sulfonamides is 1. The molecule has 2 amide bonds. The minimum atomic E-state index is -3.72. The van der Waals surface area contributed by atoms with Crippen LogP contribution < -0.4 is 10.0 Å². The maximum absolute atomic E-state index is 12.8. The first-order chi connectivity index (χ1) is 13.7. The van der Waals surface area contributed by atoms with Crippen molar-refractivity contribution in [3.05, 3.63) is 29.3 Å². The fourth-order valence-corrected chi connectivity index (χ4v) is 4.29. The zero-order valence-electron chi connectivity index (χ0n) is 17.5. The van der Waals surface area contributed by atoms with E-state index in [0.717, 1.165) is 0 Å². The number of piperidine rings is 1. The van der Waals surface area contributed by atoms with Crippen LogP contribution in [-0.4, -0.2) is 64.5 Å². The Morgan fingerprint density at radius 2 is 1.90 bits per heavy atom. The number of methoxy groups -OCH3 is 1. The Labute approximate surface area is 173 Å². The van der Waals surface area contributed by atoms with Gasteiger partial charge in [-0.25, -0.2) is 13.1 Å². The van der Waals surface area contributed by atoms with Gasteiger partial charge in [0.05, 0.1) is 11.5 Å². The van der Waals surface area contributed by atoms with Gasteiger partial charge in [-0.15, -0.1) is 0 Å². The summed E-state index contributed by atoms with van der Waals surface area (Å²) < 4.78 is 32.1. The third-order valence-electron chi connectivity index (χ3n) is 5.00. The van der Waals surface area contributed by atoms with Crippen molar-refractivity contribution in [2.45, 2.75) is 44.6 Å². The number of hydrogen-bond donors (Lipinski definition) is 2. The van der Waals surface area contributed by atoms with E-state index in [2.05, 4.69) is 10.0 Å². The first-order valence-corrected chi connectivity index (χ1v) is 11.3. The number of benzene rings is 1. The quantitative estimate of drug-likeness (QED) is 0.611. The van der Waals surface area contributed by atoms with Gasteiger partial charge in [-0.05, 0) is 37.5 Å². The first kappa shape index (κ1) is 23.3. The number of likely N-dealkylation sites (tertiary alicyclic amines) is 1. The van der Waals surface area contributed by atoms with Crippen LogP contribution in [0.4, 0.5) is 0 Å². The second-order valence-electron chi connectivity index (χ2n) is 7.60. The summed E-state index contributed by atoms with van der Waals surface area (Å²) in [6, 6.07) is 4.47. The second kappa shape index (κ2) is 10.2. The number of hydrogen-bond acceptors (Lipinski definition) is 5. The predicted octanol–water partition coefficient (Wildman–Crippen LogP) is 1.30. The molecule has 1 aliphatic rings. The van der Waals surface area contributed by atoms with Crippen molar-refractivity contribution >= 4 is 21.8 Å². The van der Waals surface area contributed by atoms with E-state index in [-0.39, 0.29) is 41.8 Å². The number of amides is 2. The smallest absolute Gasteiger partial charge is 0.251 e. The predicted molar refractivity (Wildman–Crippen MR) is 110 cm³/mol. The molecule has 0 saturated carbocycles. The van der Waals surface area contributed by atoms with Crippen LogP contribution in [-0.2, 0) is 19.6 Å². The van der Waals surface area contributed by atoms with Gasteiger partial charge in [0.15, 0.2) is 0 Å². The molecule has 1 aliphatic heterocycles. The number of nitrogens with zero attached hydrogens (tertiary/aromatic N) is 1. The summed E-state index contributed by atoms with van der Waals surface area (Å²) in [6.07, 6.45) is 1.36. The highest BCUT2D eigenvalue weighted by molar-refractivity contribution is 7.89. The molecular formula is C20H31N3O5S. The number of ether oxygens (including phenoxy) is 1. The number of carbonyl (C=O) groups excluding carboxylic acids is 2. The highest BCUT2D eigenvalue weighted by Gasteiger charge is 2.26. The first-order valence-electron chi connectivity index (χ1n) is 9.84. The maximum Gasteiger partial charge on any atom is 0.251 e. The van der Waals surface area contributed by atoms with Crippen LogP contribution in [0.1, 0.15) is 42.6 Å².